The van der Waals surface area contributed by atoms with E-state index in [0.29, 0.717) is 47.6 Å². The number of aromatic nitrogens is 1. The molecule has 0 atom stereocenters. The van der Waals surface area contributed by atoms with Crippen LogP contribution in [0.25, 0.3) is 10.2 Å². The zero-order valence-corrected chi connectivity index (χ0v) is 19.1. The Bertz CT molecular complexity index is 1070. The van der Waals surface area contributed by atoms with Crippen molar-refractivity contribution in [2.75, 3.05) is 31.1 Å². The molecule has 2 fully saturated rings. The molecule has 0 radical (unpaired) electrons. The van der Waals surface area contributed by atoms with Crippen LogP contribution in [0.1, 0.15) is 44.1 Å². The molecule has 2 aromatic heterocycles. The number of nitrogens with zero attached hydrogens (tertiary/aromatic N) is 4. The first-order valence-electron chi connectivity index (χ1n) is 10.5. The van der Waals surface area contributed by atoms with Crippen LogP contribution < -0.4 is 4.90 Å². The molecule has 10 heteroatoms. The average Bonchev–Trinajstić information content (AvgIpc) is 3.04. The van der Waals surface area contributed by atoms with Crippen molar-refractivity contribution >= 4 is 33.3 Å². The second-order valence-electron chi connectivity index (χ2n) is 9.68. The molecular formula is C22H25F3N4O2S. The lowest BCUT2D eigenvalue weighted by molar-refractivity contribution is -0.126. The fourth-order valence-corrected chi connectivity index (χ4v) is 5.49. The number of piperidine rings is 1. The summed E-state index contributed by atoms with van der Waals surface area (Å²) >= 11 is 1.02. The topological polar surface area (TPSA) is 69.5 Å². The maximum atomic E-state index is 12.9. The fraction of sp³-hybridized carbons (Fsp3) is 0.591. The molecule has 2 aliphatic rings. The minimum absolute atomic E-state index is 0.0334. The highest BCUT2D eigenvalue weighted by Gasteiger charge is 2.47. The molecule has 32 heavy (non-hydrogen) atoms. The molecule has 2 saturated heterocycles. The predicted molar refractivity (Wildman–Crippen MR) is 116 cm³/mol. The van der Waals surface area contributed by atoms with Crippen molar-refractivity contribution in [3.63, 3.8) is 0 Å². The third-order valence-electron chi connectivity index (χ3n) is 5.92. The molecule has 0 aliphatic carbocycles. The van der Waals surface area contributed by atoms with Gasteiger partial charge in [-0.3, -0.25) is 0 Å². The summed E-state index contributed by atoms with van der Waals surface area (Å²) in [5.74, 6) is 0. The van der Waals surface area contributed by atoms with E-state index in [-0.39, 0.29) is 16.4 Å². The molecule has 1 spiro atoms. The molecule has 0 saturated carbocycles. The number of rotatable bonds is 2. The summed E-state index contributed by atoms with van der Waals surface area (Å²) in [6.07, 6.45) is -2.51. The van der Waals surface area contributed by atoms with Crippen molar-refractivity contribution in [3.05, 3.63) is 22.7 Å². The van der Waals surface area contributed by atoms with Crippen LogP contribution >= 0.6 is 11.3 Å². The predicted octanol–water partition coefficient (Wildman–Crippen LogP) is 5.11. The van der Waals surface area contributed by atoms with Gasteiger partial charge in [0.1, 0.15) is 16.5 Å². The minimum atomic E-state index is -4.29. The SMILES string of the molecule is CC(C)(C)OC(=O)N1CCC2(CC1)CN(c1c(C#N)cnc3sc(CC(F)(F)F)cc13)C2. The second-order valence-corrected chi connectivity index (χ2v) is 10.8. The Hall–Kier alpha value is -2.54. The van der Waals surface area contributed by atoms with Gasteiger partial charge in [-0.1, -0.05) is 0 Å². The molecule has 0 aromatic carbocycles. The summed E-state index contributed by atoms with van der Waals surface area (Å²) in [7, 11) is 0. The maximum absolute atomic E-state index is 12.9. The van der Waals surface area contributed by atoms with Crippen molar-refractivity contribution in [2.24, 2.45) is 5.41 Å². The van der Waals surface area contributed by atoms with E-state index < -0.39 is 18.2 Å². The molecule has 0 N–H and O–H groups in total. The fourth-order valence-electron chi connectivity index (χ4n) is 4.46. The number of fused-ring (bicyclic) bond motifs is 1. The van der Waals surface area contributed by atoms with Crippen LogP contribution in [0.15, 0.2) is 12.3 Å². The van der Waals surface area contributed by atoms with Crippen molar-refractivity contribution in [3.8, 4) is 6.07 Å². The highest BCUT2D eigenvalue weighted by atomic mass is 32.1. The highest BCUT2D eigenvalue weighted by Crippen LogP contribution is 2.46. The third-order valence-corrected chi connectivity index (χ3v) is 6.97. The molecule has 6 nitrogen and oxygen atoms in total. The van der Waals surface area contributed by atoms with Gasteiger partial charge in [-0.25, -0.2) is 9.78 Å². The second kappa shape index (κ2) is 7.80. The van der Waals surface area contributed by atoms with Crippen LogP contribution in [-0.2, 0) is 11.2 Å². The molecule has 0 bridgehead atoms. The van der Waals surface area contributed by atoms with Gasteiger partial charge in [0, 0.05) is 48.1 Å². The van der Waals surface area contributed by atoms with E-state index in [1.807, 2.05) is 20.8 Å². The number of carbonyl (C=O) groups excluding carboxylic acids is 1. The molecule has 2 aliphatic heterocycles. The Morgan fingerprint density at radius 3 is 2.50 bits per heavy atom. The molecule has 0 unspecified atom stereocenters. The van der Waals surface area contributed by atoms with Crippen molar-refractivity contribution < 1.29 is 22.7 Å². The summed E-state index contributed by atoms with van der Waals surface area (Å²) in [6.45, 7) is 8.13. The number of hydrogen-bond donors (Lipinski definition) is 0. The Labute approximate surface area is 188 Å². The number of ether oxygens (including phenoxy) is 1. The van der Waals surface area contributed by atoms with Gasteiger partial charge >= 0.3 is 12.3 Å². The number of alkyl halides is 3. The van der Waals surface area contributed by atoms with Crippen LogP contribution in [0.2, 0.25) is 0 Å². The molecule has 2 aromatic rings. The number of carbonyl (C=O) groups is 1. The normalized spacial score (nSPS) is 18.5. The summed E-state index contributed by atoms with van der Waals surface area (Å²) in [5.41, 5.74) is 0.536. The number of anilines is 1. The summed E-state index contributed by atoms with van der Waals surface area (Å²) < 4.78 is 44.0. The monoisotopic (exact) mass is 466 g/mol. The van der Waals surface area contributed by atoms with Crippen molar-refractivity contribution in [1.29, 1.82) is 5.26 Å². The van der Waals surface area contributed by atoms with Crippen LogP contribution in [0, 0.1) is 16.7 Å². The van der Waals surface area contributed by atoms with Crippen LogP contribution in [0.3, 0.4) is 0 Å². The lowest BCUT2D eigenvalue weighted by Crippen LogP contribution is -2.61. The van der Waals surface area contributed by atoms with Crippen LogP contribution in [-0.4, -0.2) is 53.9 Å². The highest BCUT2D eigenvalue weighted by molar-refractivity contribution is 7.18. The number of thiophene rings is 1. The number of nitriles is 1. The van der Waals surface area contributed by atoms with E-state index in [1.165, 1.54) is 12.3 Å². The van der Waals surface area contributed by atoms with E-state index in [1.54, 1.807) is 4.90 Å². The lowest BCUT2D eigenvalue weighted by Gasteiger charge is -2.55. The van der Waals surface area contributed by atoms with Gasteiger partial charge in [-0.2, -0.15) is 18.4 Å². The maximum Gasteiger partial charge on any atom is 0.410 e. The standard InChI is InChI=1S/C22H25F3N4O2S/c1-20(2,3)31-19(30)28-6-4-21(5-7-28)12-29(13-21)17-14(10-26)11-27-18-16(17)8-15(32-18)9-22(23,24)25/h8,11H,4-7,9,12-13H2,1-3H3. The molecule has 1 amide bonds. The van der Waals surface area contributed by atoms with Gasteiger partial charge < -0.3 is 14.5 Å². The summed E-state index contributed by atoms with van der Waals surface area (Å²) in [6, 6.07) is 3.66. The average molecular weight is 467 g/mol. The molecular weight excluding hydrogens is 441 g/mol. The number of amides is 1. The lowest BCUT2D eigenvalue weighted by atomic mass is 9.71. The summed E-state index contributed by atoms with van der Waals surface area (Å²) in [4.78, 5) is 21.0. The number of hydrogen-bond acceptors (Lipinski definition) is 6. The molecule has 172 valence electrons. The van der Waals surface area contributed by atoms with Gasteiger partial charge in [0.15, 0.2) is 0 Å². The van der Waals surface area contributed by atoms with E-state index in [4.69, 9.17) is 4.74 Å². The zero-order valence-electron chi connectivity index (χ0n) is 18.3. The number of pyridine rings is 1. The van der Waals surface area contributed by atoms with Gasteiger partial charge in [-0.05, 0) is 39.7 Å². The van der Waals surface area contributed by atoms with Gasteiger partial charge in [0.25, 0.3) is 0 Å². The first-order chi connectivity index (χ1) is 14.9. The van der Waals surface area contributed by atoms with Gasteiger partial charge in [-0.15, -0.1) is 11.3 Å². The van der Waals surface area contributed by atoms with E-state index in [0.717, 1.165) is 24.2 Å². The van der Waals surface area contributed by atoms with E-state index >= 15 is 0 Å². The Kier molecular flexibility index (Phi) is 5.52. The van der Waals surface area contributed by atoms with E-state index in [2.05, 4.69) is 16.0 Å². The molecule has 4 heterocycles. The number of likely N-dealkylation sites (tertiary alicyclic amines) is 1. The van der Waals surface area contributed by atoms with Crippen LogP contribution in [0.5, 0.6) is 0 Å². The van der Waals surface area contributed by atoms with Crippen molar-refractivity contribution in [2.45, 2.75) is 51.8 Å². The summed E-state index contributed by atoms with van der Waals surface area (Å²) in [5, 5.41) is 10.2. The Balaban J connectivity index is 1.48. The Morgan fingerprint density at radius 1 is 1.28 bits per heavy atom. The quantitative estimate of drug-likeness (QED) is 0.615. The third kappa shape index (κ3) is 4.63. The largest absolute Gasteiger partial charge is 0.444 e. The van der Waals surface area contributed by atoms with E-state index in [9.17, 15) is 23.2 Å². The molecule has 4 rings (SSSR count). The van der Waals surface area contributed by atoms with Gasteiger partial charge in [0.05, 0.1) is 17.7 Å². The van der Waals surface area contributed by atoms with Crippen molar-refractivity contribution in [1.82, 2.24) is 9.88 Å². The number of halogens is 3. The first kappa shape index (κ1) is 22.6. The zero-order chi connectivity index (χ0) is 23.3. The first-order valence-corrected chi connectivity index (χ1v) is 11.3. The van der Waals surface area contributed by atoms with Gasteiger partial charge in [0.2, 0.25) is 0 Å². The smallest absolute Gasteiger partial charge is 0.410 e. The van der Waals surface area contributed by atoms with Crippen LogP contribution in [0.4, 0.5) is 23.7 Å². The minimum Gasteiger partial charge on any atom is -0.444 e. The Morgan fingerprint density at radius 2 is 1.94 bits per heavy atom.